The van der Waals surface area contributed by atoms with Crippen LogP contribution in [0.25, 0.3) is 0 Å². The highest BCUT2D eigenvalue weighted by molar-refractivity contribution is 7.80. The molecule has 2 aromatic rings. The number of rotatable bonds is 4. The molecule has 0 unspecified atom stereocenters. The van der Waals surface area contributed by atoms with E-state index in [1.54, 1.807) is 35.4 Å². The quantitative estimate of drug-likeness (QED) is 0.809. The Morgan fingerprint density at radius 2 is 2.22 bits per heavy atom. The summed E-state index contributed by atoms with van der Waals surface area (Å²) in [6.07, 6.45) is 4.92. The van der Waals surface area contributed by atoms with Crippen molar-refractivity contribution < 1.29 is 4.79 Å². The molecule has 0 bridgehead atoms. The predicted molar refractivity (Wildman–Crippen MR) is 73.2 cm³/mol. The number of nitrogens with one attached hydrogen (secondary N) is 1. The smallest absolute Gasteiger partial charge is 0.244 e. The fourth-order valence-electron chi connectivity index (χ4n) is 1.54. The van der Waals surface area contributed by atoms with Crippen LogP contribution in [0.4, 0.5) is 5.69 Å². The minimum Gasteiger partial charge on any atom is -0.389 e. The molecule has 1 heterocycles. The van der Waals surface area contributed by atoms with E-state index in [1.165, 1.54) is 0 Å². The molecule has 18 heavy (non-hydrogen) atoms. The molecule has 1 amide bonds. The molecule has 2 rings (SSSR count). The van der Waals surface area contributed by atoms with Crippen molar-refractivity contribution in [3.05, 3.63) is 48.5 Å². The molecule has 0 spiro atoms. The number of amides is 1. The second-order valence-corrected chi connectivity index (χ2v) is 4.13. The van der Waals surface area contributed by atoms with Gasteiger partial charge < -0.3 is 15.6 Å². The average molecular weight is 260 g/mol. The van der Waals surface area contributed by atoms with Gasteiger partial charge >= 0.3 is 0 Å². The molecule has 1 aromatic heterocycles. The maximum Gasteiger partial charge on any atom is 0.244 e. The molecule has 0 aliphatic carbocycles. The molecule has 0 aliphatic heterocycles. The Kier molecular flexibility index (Phi) is 3.69. The molecule has 0 aliphatic rings. The van der Waals surface area contributed by atoms with E-state index in [2.05, 4.69) is 10.3 Å². The minimum atomic E-state index is -0.156. The average Bonchev–Trinajstić information content (AvgIpc) is 2.82. The Balaban J connectivity index is 2.09. The van der Waals surface area contributed by atoms with Crippen LogP contribution in [-0.2, 0) is 11.3 Å². The van der Waals surface area contributed by atoms with Crippen molar-refractivity contribution in [3.63, 3.8) is 0 Å². The molecule has 0 radical (unpaired) electrons. The number of thiocarbonyl (C=S) groups is 1. The number of nitrogens with two attached hydrogens (primary N) is 1. The van der Waals surface area contributed by atoms with Gasteiger partial charge in [-0.15, -0.1) is 0 Å². The van der Waals surface area contributed by atoms with Gasteiger partial charge in [0.1, 0.15) is 11.5 Å². The van der Waals surface area contributed by atoms with E-state index in [0.717, 1.165) is 0 Å². The number of carbonyl (C=O) groups excluding carboxylic acids is 1. The molecular weight excluding hydrogens is 248 g/mol. The van der Waals surface area contributed by atoms with Crippen LogP contribution in [0, 0.1) is 0 Å². The fraction of sp³-hybridized carbons (Fsp3) is 0.0833. The molecule has 1 aromatic carbocycles. The molecule has 0 saturated carbocycles. The van der Waals surface area contributed by atoms with Crippen molar-refractivity contribution in [1.29, 1.82) is 0 Å². The summed E-state index contributed by atoms with van der Waals surface area (Å²) in [5, 5.41) is 2.78. The number of nitrogens with zero attached hydrogens (tertiary/aromatic N) is 2. The second kappa shape index (κ2) is 5.42. The summed E-state index contributed by atoms with van der Waals surface area (Å²) in [5.41, 5.74) is 6.87. The van der Waals surface area contributed by atoms with Gasteiger partial charge in [0.2, 0.25) is 5.91 Å². The fourth-order valence-corrected chi connectivity index (χ4v) is 1.72. The third-order valence-electron chi connectivity index (χ3n) is 2.35. The van der Waals surface area contributed by atoms with E-state index in [0.29, 0.717) is 11.3 Å². The molecule has 0 atom stereocenters. The van der Waals surface area contributed by atoms with E-state index in [1.807, 2.05) is 12.1 Å². The van der Waals surface area contributed by atoms with Crippen LogP contribution < -0.4 is 11.1 Å². The second-order valence-electron chi connectivity index (χ2n) is 3.69. The van der Waals surface area contributed by atoms with Gasteiger partial charge in [-0.05, 0) is 12.1 Å². The van der Waals surface area contributed by atoms with Gasteiger partial charge in [-0.1, -0.05) is 24.4 Å². The topological polar surface area (TPSA) is 72.9 Å². The maximum atomic E-state index is 11.8. The lowest BCUT2D eigenvalue weighted by atomic mass is 10.2. The molecule has 5 nitrogen and oxygen atoms in total. The first-order valence-electron chi connectivity index (χ1n) is 5.31. The minimum absolute atomic E-state index is 0.156. The van der Waals surface area contributed by atoms with Crippen LogP contribution in [-0.4, -0.2) is 20.4 Å². The third-order valence-corrected chi connectivity index (χ3v) is 2.57. The van der Waals surface area contributed by atoms with Crippen LogP contribution in [0.3, 0.4) is 0 Å². The molecule has 0 saturated heterocycles. The highest BCUT2D eigenvalue weighted by Gasteiger charge is 2.08. The van der Waals surface area contributed by atoms with Crippen LogP contribution in [0.2, 0.25) is 0 Å². The van der Waals surface area contributed by atoms with Crippen molar-refractivity contribution in [2.24, 2.45) is 5.73 Å². The Morgan fingerprint density at radius 1 is 1.44 bits per heavy atom. The number of benzene rings is 1. The largest absolute Gasteiger partial charge is 0.389 e. The number of hydrogen-bond donors (Lipinski definition) is 2. The highest BCUT2D eigenvalue weighted by atomic mass is 32.1. The molecule has 0 fully saturated rings. The van der Waals surface area contributed by atoms with E-state index in [-0.39, 0.29) is 17.4 Å². The highest BCUT2D eigenvalue weighted by Crippen LogP contribution is 2.14. The van der Waals surface area contributed by atoms with Crippen LogP contribution in [0.5, 0.6) is 0 Å². The Labute approximate surface area is 110 Å². The van der Waals surface area contributed by atoms with Crippen molar-refractivity contribution >= 4 is 28.8 Å². The number of aromatic nitrogens is 2. The summed E-state index contributed by atoms with van der Waals surface area (Å²) in [4.78, 5) is 15.9. The SMILES string of the molecule is NC(=S)c1ccccc1NC(=O)Cn1ccnc1. The number of imidazole rings is 1. The number of anilines is 1. The lowest BCUT2D eigenvalue weighted by molar-refractivity contribution is -0.116. The summed E-state index contributed by atoms with van der Waals surface area (Å²) >= 11 is 4.93. The summed E-state index contributed by atoms with van der Waals surface area (Å²) in [6, 6.07) is 7.17. The lowest BCUT2D eigenvalue weighted by Gasteiger charge is -2.10. The summed E-state index contributed by atoms with van der Waals surface area (Å²) in [7, 11) is 0. The van der Waals surface area contributed by atoms with Gasteiger partial charge in [0.15, 0.2) is 0 Å². The normalized spacial score (nSPS) is 10.0. The van der Waals surface area contributed by atoms with Crippen LogP contribution in [0.15, 0.2) is 43.0 Å². The van der Waals surface area contributed by atoms with E-state index in [9.17, 15) is 4.79 Å². The maximum absolute atomic E-state index is 11.8. The van der Waals surface area contributed by atoms with Gasteiger partial charge in [0.25, 0.3) is 0 Å². The zero-order valence-electron chi connectivity index (χ0n) is 9.54. The molecule has 3 N–H and O–H groups in total. The van der Waals surface area contributed by atoms with Crippen molar-refractivity contribution in [2.75, 3.05) is 5.32 Å². The Hall–Kier alpha value is -2.21. The van der Waals surface area contributed by atoms with Crippen LogP contribution >= 0.6 is 12.2 Å². The molecule has 92 valence electrons. The first-order valence-corrected chi connectivity index (χ1v) is 5.72. The number of carbonyl (C=O) groups is 1. The number of hydrogen-bond acceptors (Lipinski definition) is 3. The van der Waals surface area contributed by atoms with E-state index in [4.69, 9.17) is 18.0 Å². The Bertz CT molecular complexity index is 565. The molecular formula is C12H12N4OS. The van der Waals surface area contributed by atoms with Gasteiger partial charge in [-0.3, -0.25) is 4.79 Å². The monoisotopic (exact) mass is 260 g/mol. The van der Waals surface area contributed by atoms with Gasteiger partial charge in [0, 0.05) is 18.0 Å². The summed E-state index contributed by atoms with van der Waals surface area (Å²) in [5.74, 6) is -0.156. The first kappa shape index (κ1) is 12.3. The summed E-state index contributed by atoms with van der Waals surface area (Å²) < 4.78 is 1.68. The third kappa shape index (κ3) is 2.92. The van der Waals surface area contributed by atoms with Crippen molar-refractivity contribution in [1.82, 2.24) is 9.55 Å². The van der Waals surface area contributed by atoms with Gasteiger partial charge in [0.05, 0.1) is 12.0 Å². The van der Waals surface area contributed by atoms with Crippen LogP contribution in [0.1, 0.15) is 5.56 Å². The molecule has 6 heteroatoms. The standard InChI is InChI=1S/C12H12N4OS/c13-12(18)9-3-1-2-4-10(9)15-11(17)7-16-6-5-14-8-16/h1-6,8H,7H2,(H2,13,18)(H,15,17). The van der Waals surface area contributed by atoms with Gasteiger partial charge in [-0.25, -0.2) is 4.98 Å². The zero-order chi connectivity index (χ0) is 13.0. The van der Waals surface area contributed by atoms with Crippen molar-refractivity contribution in [3.8, 4) is 0 Å². The first-order chi connectivity index (χ1) is 8.66. The van der Waals surface area contributed by atoms with E-state index >= 15 is 0 Å². The lowest BCUT2D eigenvalue weighted by Crippen LogP contribution is -2.20. The Morgan fingerprint density at radius 3 is 2.89 bits per heavy atom. The predicted octanol–water partition coefficient (Wildman–Crippen LogP) is 1.16. The summed E-state index contributed by atoms with van der Waals surface area (Å²) in [6.45, 7) is 0.200. The van der Waals surface area contributed by atoms with E-state index < -0.39 is 0 Å². The van der Waals surface area contributed by atoms with Gasteiger partial charge in [-0.2, -0.15) is 0 Å². The van der Waals surface area contributed by atoms with Crippen molar-refractivity contribution in [2.45, 2.75) is 6.54 Å². The number of para-hydroxylation sites is 1. The zero-order valence-corrected chi connectivity index (χ0v) is 10.4.